The summed E-state index contributed by atoms with van der Waals surface area (Å²) in [4.78, 5) is 15.1. The van der Waals surface area contributed by atoms with E-state index in [1.54, 1.807) is 0 Å². The summed E-state index contributed by atoms with van der Waals surface area (Å²) in [7, 11) is 0. The molecule has 0 aliphatic carbocycles. The van der Waals surface area contributed by atoms with Gasteiger partial charge < -0.3 is 14.1 Å². The number of benzene rings is 1. The lowest BCUT2D eigenvalue weighted by Crippen LogP contribution is -2.37. The molecule has 0 saturated carbocycles. The van der Waals surface area contributed by atoms with Crippen LogP contribution in [0.2, 0.25) is 0 Å². The highest BCUT2D eigenvalue weighted by Crippen LogP contribution is 2.49. The van der Waals surface area contributed by atoms with Crippen LogP contribution in [0.1, 0.15) is 60.7 Å². The molecular formula is C20H24BrN3O3. The Morgan fingerprint density at radius 2 is 2.07 bits per heavy atom. The second-order valence-electron chi connectivity index (χ2n) is 7.86. The normalized spacial score (nSPS) is 21.9. The zero-order chi connectivity index (χ0) is 19.0. The Kier molecular flexibility index (Phi) is 5.07. The minimum atomic E-state index is -0.0549. The number of aromatic nitrogens is 2. The van der Waals surface area contributed by atoms with Gasteiger partial charge in [-0.1, -0.05) is 35.8 Å². The SMILES string of the molecule is CC(C)c1nnc(C2CN(C(=O)c3cccc(Br)c3)CC23CCOCC3)o1. The van der Waals surface area contributed by atoms with E-state index in [1.807, 2.05) is 43.0 Å². The molecule has 2 aliphatic heterocycles. The van der Waals surface area contributed by atoms with E-state index in [2.05, 4.69) is 26.1 Å². The third-order valence-electron chi connectivity index (χ3n) is 5.74. The lowest BCUT2D eigenvalue weighted by Gasteiger charge is -2.36. The zero-order valence-electron chi connectivity index (χ0n) is 15.7. The molecule has 1 aromatic carbocycles. The second kappa shape index (κ2) is 7.36. The fourth-order valence-corrected chi connectivity index (χ4v) is 4.57. The Hall–Kier alpha value is -1.73. The number of rotatable bonds is 3. The van der Waals surface area contributed by atoms with Crippen molar-refractivity contribution in [3.8, 4) is 0 Å². The molecule has 1 amide bonds. The zero-order valence-corrected chi connectivity index (χ0v) is 17.2. The van der Waals surface area contributed by atoms with E-state index < -0.39 is 0 Å². The third-order valence-corrected chi connectivity index (χ3v) is 6.24. The van der Waals surface area contributed by atoms with Gasteiger partial charge in [0.15, 0.2) is 0 Å². The highest BCUT2D eigenvalue weighted by Gasteiger charge is 2.51. The number of likely N-dealkylation sites (tertiary alicyclic amines) is 1. The maximum Gasteiger partial charge on any atom is 0.253 e. The van der Waals surface area contributed by atoms with Gasteiger partial charge in [-0.05, 0) is 31.0 Å². The number of carbonyl (C=O) groups is 1. The molecule has 4 rings (SSSR count). The first-order valence-electron chi connectivity index (χ1n) is 9.44. The number of amides is 1. The van der Waals surface area contributed by atoms with Gasteiger partial charge in [0.2, 0.25) is 11.8 Å². The van der Waals surface area contributed by atoms with Crippen molar-refractivity contribution >= 4 is 21.8 Å². The fourth-order valence-electron chi connectivity index (χ4n) is 4.17. The minimum Gasteiger partial charge on any atom is -0.425 e. The molecule has 6 nitrogen and oxygen atoms in total. The highest BCUT2D eigenvalue weighted by molar-refractivity contribution is 9.10. The molecule has 0 bridgehead atoms. The first-order chi connectivity index (χ1) is 13.0. The molecule has 1 spiro atoms. The van der Waals surface area contributed by atoms with Crippen molar-refractivity contribution in [1.82, 2.24) is 15.1 Å². The van der Waals surface area contributed by atoms with Crippen molar-refractivity contribution in [2.45, 2.75) is 38.5 Å². The molecule has 2 saturated heterocycles. The lowest BCUT2D eigenvalue weighted by atomic mass is 9.72. The Balaban J connectivity index is 1.64. The van der Waals surface area contributed by atoms with E-state index in [4.69, 9.17) is 9.15 Å². The largest absolute Gasteiger partial charge is 0.425 e. The standard InChI is InChI=1S/C20H24BrN3O3/c1-13(2)17-22-23-18(27-17)16-11-24(12-20(16)6-8-26-9-7-20)19(25)14-4-3-5-15(21)10-14/h3-5,10,13,16H,6-9,11-12H2,1-2H3. The van der Waals surface area contributed by atoms with Gasteiger partial charge in [-0.15, -0.1) is 10.2 Å². The number of ether oxygens (including phenoxy) is 1. The average molecular weight is 434 g/mol. The molecule has 0 radical (unpaired) electrons. The Morgan fingerprint density at radius 3 is 2.74 bits per heavy atom. The number of hydrogen-bond acceptors (Lipinski definition) is 5. The van der Waals surface area contributed by atoms with E-state index in [0.29, 0.717) is 43.6 Å². The summed E-state index contributed by atoms with van der Waals surface area (Å²) in [6.45, 7) is 6.80. The molecule has 1 unspecified atom stereocenters. The Morgan fingerprint density at radius 1 is 1.30 bits per heavy atom. The summed E-state index contributed by atoms with van der Waals surface area (Å²) in [5.74, 6) is 1.61. The Bertz CT molecular complexity index is 829. The minimum absolute atomic E-state index is 0.0493. The van der Waals surface area contributed by atoms with E-state index >= 15 is 0 Å². The molecule has 7 heteroatoms. The summed E-state index contributed by atoms with van der Waals surface area (Å²) >= 11 is 3.45. The van der Waals surface area contributed by atoms with Crippen LogP contribution in [0, 0.1) is 5.41 Å². The third kappa shape index (κ3) is 3.55. The Labute approximate surface area is 167 Å². The van der Waals surface area contributed by atoms with E-state index in [9.17, 15) is 4.79 Å². The molecule has 3 heterocycles. The van der Waals surface area contributed by atoms with Crippen molar-refractivity contribution in [3.05, 3.63) is 46.1 Å². The number of hydrogen-bond donors (Lipinski definition) is 0. The molecule has 2 fully saturated rings. The molecule has 1 atom stereocenters. The van der Waals surface area contributed by atoms with Crippen LogP contribution in [0.15, 0.2) is 33.2 Å². The van der Waals surface area contributed by atoms with Gasteiger partial charge in [0.1, 0.15) is 0 Å². The van der Waals surface area contributed by atoms with Crippen molar-refractivity contribution in [2.75, 3.05) is 26.3 Å². The van der Waals surface area contributed by atoms with Crippen molar-refractivity contribution in [2.24, 2.45) is 5.41 Å². The van der Waals surface area contributed by atoms with Crippen molar-refractivity contribution < 1.29 is 13.9 Å². The van der Waals surface area contributed by atoms with Crippen LogP contribution in [0.5, 0.6) is 0 Å². The van der Waals surface area contributed by atoms with Gasteiger partial charge in [-0.2, -0.15) is 0 Å². The van der Waals surface area contributed by atoms with Gasteiger partial charge in [0.25, 0.3) is 5.91 Å². The van der Waals surface area contributed by atoms with Crippen LogP contribution in [-0.2, 0) is 4.74 Å². The summed E-state index contributed by atoms with van der Waals surface area (Å²) in [6.07, 6.45) is 1.80. The molecule has 1 aromatic heterocycles. The first-order valence-corrected chi connectivity index (χ1v) is 10.2. The number of halogens is 1. The summed E-state index contributed by atoms with van der Waals surface area (Å²) < 4.78 is 12.5. The van der Waals surface area contributed by atoms with Crippen LogP contribution in [-0.4, -0.2) is 47.3 Å². The second-order valence-corrected chi connectivity index (χ2v) is 8.77. The molecule has 2 aliphatic rings. The van der Waals surface area contributed by atoms with E-state index in [1.165, 1.54) is 0 Å². The van der Waals surface area contributed by atoms with Crippen LogP contribution >= 0.6 is 15.9 Å². The summed E-state index contributed by atoms with van der Waals surface area (Å²) in [6, 6.07) is 7.55. The van der Waals surface area contributed by atoms with E-state index in [-0.39, 0.29) is 23.2 Å². The number of carbonyl (C=O) groups excluding carboxylic acids is 1. The fraction of sp³-hybridized carbons (Fsp3) is 0.550. The topological polar surface area (TPSA) is 68.5 Å². The van der Waals surface area contributed by atoms with Gasteiger partial charge in [-0.3, -0.25) is 4.79 Å². The monoisotopic (exact) mass is 433 g/mol. The molecule has 144 valence electrons. The predicted molar refractivity (Wildman–Crippen MR) is 104 cm³/mol. The van der Waals surface area contributed by atoms with Crippen LogP contribution < -0.4 is 0 Å². The molecule has 0 N–H and O–H groups in total. The first kappa shape index (κ1) is 18.6. The predicted octanol–water partition coefficient (Wildman–Crippen LogP) is 3.99. The number of nitrogens with zero attached hydrogens (tertiary/aromatic N) is 3. The van der Waals surface area contributed by atoms with Gasteiger partial charge in [0, 0.05) is 47.7 Å². The maximum absolute atomic E-state index is 13.1. The molecule has 2 aromatic rings. The van der Waals surface area contributed by atoms with Gasteiger partial charge in [-0.25, -0.2) is 0 Å². The van der Waals surface area contributed by atoms with Crippen LogP contribution in [0.3, 0.4) is 0 Å². The smallest absolute Gasteiger partial charge is 0.253 e. The highest BCUT2D eigenvalue weighted by atomic mass is 79.9. The summed E-state index contributed by atoms with van der Waals surface area (Å²) in [5.41, 5.74) is 0.640. The van der Waals surface area contributed by atoms with Crippen LogP contribution in [0.25, 0.3) is 0 Å². The summed E-state index contributed by atoms with van der Waals surface area (Å²) in [5, 5.41) is 8.57. The quantitative estimate of drug-likeness (QED) is 0.731. The molecular weight excluding hydrogens is 410 g/mol. The van der Waals surface area contributed by atoms with Gasteiger partial charge >= 0.3 is 0 Å². The van der Waals surface area contributed by atoms with E-state index in [0.717, 1.165) is 17.3 Å². The van der Waals surface area contributed by atoms with Crippen LogP contribution in [0.4, 0.5) is 0 Å². The maximum atomic E-state index is 13.1. The average Bonchev–Trinajstić information content (AvgIpc) is 3.27. The van der Waals surface area contributed by atoms with Crippen molar-refractivity contribution in [1.29, 1.82) is 0 Å². The van der Waals surface area contributed by atoms with Gasteiger partial charge in [0.05, 0.1) is 5.92 Å². The van der Waals surface area contributed by atoms with Crippen molar-refractivity contribution in [3.63, 3.8) is 0 Å². The lowest BCUT2D eigenvalue weighted by molar-refractivity contribution is 0.00888. The molecule has 27 heavy (non-hydrogen) atoms.